The first-order valence-corrected chi connectivity index (χ1v) is 5.36. The Bertz CT molecular complexity index is 204. The normalized spacial score (nSPS) is 17.4. The lowest BCUT2D eigenvalue weighted by Crippen LogP contribution is -2.43. The van der Waals surface area contributed by atoms with Crippen molar-refractivity contribution in [3.63, 3.8) is 0 Å². The Labute approximate surface area is 86.1 Å². The number of rotatable bonds is 5. The maximum Gasteiger partial charge on any atom is 0.304 e. The molecule has 0 unspecified atom stereocenters. The molecule has 1 N–H and O–H groups in total. The van der Waals surface area contributed by atoms with Gasteiger partial charge in [0.2, 0.25) is 0 Å². The van der Waals surface area contributed by atoms with Crippen molar-refractivity contribution < 1.29 is 9.90 Å². The van der Waals surface area contributed by atoms with E-state index in [9.17, 15) is 4.79 Å². The van der Waals surface area contributed by atoms with Crippen LogP contribution in [-0.2, 0) is 4.79 Å². The highest BCUT2D eigenvalue weighted by molar-refractivity contribution is 5.66. The van der Waals surface area contributed by atoms with Crippen molar-refractivity contribution in [2.24, 2.45) is 5.92 Å². The fourth-order valence-electron chi connectivity index (χ4n) is 1.54. The predicted octanol–water partition coefficient (Wildman–Crippen LogP) is 1.97. The third kappa shape index (κ3) is 4.09. The highest BCUT2D eigenvalue weighted by Crippen LogP contribution is 2.31. The number of aliphatic carboxylic acids is 1. The standard InChI is InChI=1S/C11H21NO2/c1-11(2,3)12(7-6-10(13)14)8-9-4-5-9/h9H,4-8H2,1-3H3,(H,13,14). The molecule has 14 heavy (non-hydrogen) atoms. The lowest BCUT2D eigenvalue weighted by molar-refractivity contribution is -0.137. The molecule has 0 aromatic carbocycles. The second kappa shape index (κ2) is 4.30. The molecule has 1 aliphatic rings. The van der Waals surface area contributed by atoms with Crippen molar-refractivity contribution in [3.8, 4) is 0 Å². The van der Waals surface area contributed by atoms with Gasteiger partial charge >= 0.3 is 5.97 Å². The fourth-order valence-corrected chi connectivity index (χ4v) is 1.54. The highest BCUT2D eigenvalue weighted by Gasteiger charge is 2.29. The smallest absolute Gasteiger partial charge is 0.304 e. The molecule has 82 valence electrons. The number of hydrogen-bond acceptors (Lipinski definition) is 2. The largest absolute Gasteiger partial charge is 0.481 e. The summed E-state index contributed by atoms with van der Waals surface area (Å²) in [5, 5.41) is 8.65. The summed E-state index contributed by atoms with van der Waals surface area (Å²) in [4.78, 5) is 12.8. The molecule has 1 rings (SSSR count). The van der Waals surface area contributed by atoms with Gasteiger partial charge < -0.3 is 5.11 Å². The molecule has 0 aromatic heterocycles. The molecule has 0 bridgehead atoms. The number of carbonyl (C=O) groups is 1. The molecular formula is C11H21NO2. The SMILES string of the molecule is CC(C)(C)N(CCC(=O)O)CC1CC1. The Morgan fingerprint density at radius 3 is 2.36 bits per heavy atom. The maximum absolute atomic E-state index is 10.5. The van der Waals surface area contributed by atoms with E-state index in [0.717, 1.165) is 12.5 Å². The Balaban J connectivity index is 2.39. The summed E-state index contributed by atoms with van der Waals surface area (Å²) in [6, 6.07) is 0. The van der Waals surface area contributed by atoms with Crippen LogP contribution in [0.4, 0.5) is 0 Å². The lowest BCUT2D eigenvalue weighted by Gasteiger charge is -2.35. The minimum Gasteiger partial charge on any atom is -0.481 e. The molecule has 0 amide bonds. The molecule has 0 atom stereocenters. The molecule has 3 heteroatoms. The Hall–Kier alpha value is -0.570. The summed E-state index contributed by atoms with van der Waals surface area (Å²) in [5.74, 6) is 0.123. The molecular weight excluding hydrogens is 178 g/mol. The topological polar surface area (TPSA) is 40.5 Å². The van der Waals surface area contributed by atoms with Crippen LogP contribution in [0, 0.1) is 5.92 Å². The van der Waals surface area contributed by atoms with E-state index < -0.39 is 5.97 Å². The van der Waals surface area contributed by atoms with Gasteiger partial charge in [0, 0.05) is 18.6 Å². The van der Waals surface area contributed by atoms with Crippen molar-refractivity contribution in [1.29, 1.82) is 0 Å². The van der Waals surface area contributed by atoms with E-state index in [-0.39, 0.29) is 12.0 Å². The number of hydrogen-bond donors (Lipinski definition) is 1. The van der Waals surface area contributed by atoms with Crippen LogP contribution in [0.3, 0.4) is 0 Å². The molecule has 0 radical (unpaired) electrons. The van der Waals surface area contributed by atoms with Gasteiger partial charge in [-0.3, -0.25) is 9.69 Å². The fraction of sp³-hybridized carbons (Fsp3) is 0.909. The van der Waals surface area contributed by atoms with Crippen molar-refractivity contribution in [2.75, 3.05) is 13.1 Å². The first kappa shape index (κ1) is 11.5. The van der Waals surface area contributed by atoms with Crippen molar-refractivity contribution in [2.45, 2.75) is 45.6 Å². The van der Waals surface area contributed by atoms with Gasteiger partial charge in [0.1, 0.15) is 0 Å². The summed E-state index contributed by atoms with van der Waals surface area (Å²) in [6.45, 7) is 8.19. The third-order valence-corrected chi connectivity index (χ3v) is 2.72. The van der Waals surface area contributed by atoms with E-state index in [1.54, 1.807) is 0 Å². The number of carboxylic acid groups (broad SMARTS) is 1. The summed E-state index contributed by atoms with van der Waals surface area (Å²) < 4.78 is 0. The van der Waals surface area contributed by atoms with Gasteiger partial charge in [-0.2, -0.15) is 0 Å². The van der Waals surface area contributed by atoms with Gasteiger partial charge in [0.15, 0.2) is 0 Å². The lowest BCUT2D eigenvalue weighted by atomic mass is 10.0. The Morgan fingerprint density at radius 2 is 2.00 bits per heavy atom. The second-order valence-corrected chi connectivity index (χ2v) is 5.20. The molecule has 3 nitrogen and oxygen atoms in total. The van der Waals surface area contributed by atoms with Gasteiger partial charge in [0.05, 0.1) is 6.42 Å². The molecule has 0 spiro atoms. The second-order valence-electron chi connectivity index (χ2n) is 5.20. The van der Waals surface area contributed by atoms with Gasteiger partial charge in [-0.25, -0.2) is 0 Å². The summed E-state index contributed by atoms with van der Waals surface area (Å²) in [6.07, 6.45) is 2.89. The van der Waals surface area contributed by atoms with E-state index in [0.29, 0.717) is 6.54 Å². The van der Waals surface area contributed by atoms with Crippen molar-refractivity contribution >= 4 is 5.97 Å². The van der Waals surface area contributed by atoms with Gasteiger partial charge in [-0.05, 0) is 39.5 Å². The number of carboxylic acids is 1. The molecule has 0 saturated heterocycles. The minimum atomic E-state index is -0.699. The van der Waals surface area contributed by atoms with Gasteiger partial charge in [-0.1, -0.05) is 0 Å². The zero-order valence-electron chi connectivity index (χ0n) is 9.42. The average Bonchev–Trinajstić information content (AvgIpc) is 2.78. The third-order valence-electron chi connectivity index (χ3n) is 2.72. The molecule has 1 aliphatic carbocycles. The summed E-state index contributed by atoms with van der Waals surface area (Å²) in [5.41, 5.74) is 0.0953. The molecule has 1 saturated carbocycles. The Kier molecular flexibility index (Phi) is 3.53. The molecule has 1 fully saturated rings. The monoisotopic (exact) mass is 199 g/mol. The summed E-state index contributed by atoms with van der Waals surface area (Å²) in [7, 11) is 0. The van der Waals surface area contributed by atoms with Crippen molar-refractivity contribution in [1.82, 2.24) is 4.90 Å². The van der Waals surface area contributed by atoms with E-state index in [2.05, 4.69) is 25.7 Å². The first-order valence-electron chi connectivity index (χ1n) is 5.36. The van der Waals surface area contributed by atoms with Crippen LogP contribution in [-0.4, -0.2) is 34.6 Å². The van der Waals surface area contributed by atoms with Gasteiger partial charge in [0.25, 0.3) is 0 Å². The number of nitrogens with zero attached hydrogens (tertiary/aromatic N) is 1. The molecule has 0 aromatic rings. The van der Waals surface area contributed by atoms with Crippen LogP contribution in [0.25, 0.3) is 0 Å². The van der Waals surface area contributed by atoms with Crippen LogP contribution >= 0.6 is 0 Å². The van der Waals surface area contributed by atoms with E-state index in [1.807, 2.05) is 0 Å². The van der Waals surface area contributed by atoms with Crippen LogP contribution < -0.4 is 0 Å². The van der Waals surface area contributed by atoms with Gasteiger partial charge in [-0.15, -0.1) is 0 Å². The highest BCUT2D eigenvalue weighted by atomic mass is 16.4. The molecule has 0 heterocycles. The quantitative estimate of drug-likeness (QED) is 0.736. The summed E-state index contributed by atoms with van der Waals surface area (Å²) >= 11 is 0. The average molecular weight is 199 g/mol. The van der Waals surface area contributed by atoms with E-state index >= 15 is 0 Å². The Morgan fingerprint density at radius 1 is 1.43 bits per heavy atom. The zero-order valence-corrected chi connectivity index (χ0v) is 9.42. The maximum atomic E-state index is 10.5. The minimum absolute atomic E-state index is 0.0953. The van der Waals surface area contributed by atoms with E-state index in [1.165, 1.54) is 12.8 Å². The van der Waals surface area contributed by atoms with Crippen LogP contribution in [0.1, 0.15) is 40.0 Å². The van der Waals surface area contributed by atoms with Crippen LogP contribution in [0.5, 0.6) is 0 Å². The van der Waals surface area contributed by atoms with Crippen molar-refractivity contribution in [3.05, 3.63) is 0 Å². The first-order chi connectivity index (χ1) is 6.39. The molecule has 0 aliphatic heterocycles. The van der Waals surface area contributed by atoms with E-state index in [4.69, 9.17) is 5.11 Å². The van der Waals surface area contributed by atoms with Crippen LogP contribution in [0.15, 0.2) is 0 Å². The zero-order chi connectivity index (χ0) is 10.8. The predicted molar refractivity (Wildman–Crippen MR) is 56.3 cm³/mol. The van der Waals surface area contributed by atoms with Crippen LogP contribution in [0.2, 0.25) is 0 Å².